The lowest BCUT2D eigenvalue weighted by molar-refractivity contribution is -0.384. The summed E-state index contributed by atoms with van der Waals surface area (Å²) in [5, 5.41) is 11.1. The molecule has 0 N–H and O–H groups in total. The molecular weight excluding hydrogens is 361 g/mol. The molecule has 0 saturated carbocycles. The Morgan fingerprint density at radius 1 is 0.920 bits per heavy atom. The van der Waals surface area contributed by atoms with Crippen molar-refractivity contribution >= 4 is 28.9 Å². The molecule has 0 aliphatic heterocycles. The molecule has 0 radical (unpaired) electrons. The fraction of sp³-hybridized carbons (Fsp3) is 0.0526. The summed E-state index contributed by atoms with van der Waals surface area (Å²) in [4.78, 5) is 10.3. The van der Waals surface area contributed by atoms with Gasteiger partial charge in [-0.15, -0.1) is 0 Å². The monoisotopic (exact) mass is 373 g/mol. The van der Waals surface area contributed by atoms with E-state index in [1.165, 1.54) is 12.1 Å². The molecule has 0 spiro atoms. The van der Waals surface area contributed by atoms with Gasteiger partial charge in [-0.2, -0.15) is 0 Å². The van der Waals surface area contributed by atoms with Gasteiger partial charge in [0.05, 0.1) is 15.0 Å². The van der Waals surface area contributed by atoms with Gasteiger partial charge in [0.2, 0.25) is 0 Å². The van der Waals surface area contributed by atoms with Crippen LogP contribution >= 0.6 is 23.2 Å². The summed E-state index contributed by atoms with van der Waals surface area (Å²) in [5.41, 5.74) is 2.89. The highest BCUT2D eigenvalue weighted by molar-refractivity contribution is 6.37. The van der Waals surface area contributed by atoms with E-state index in [9.17, 15) is 10.1 Å². The summed E-state index contributed by atoms with van der Waals surface area (Å²) >= 11 is 12.2. The molecule has 0 amide bonds. The van der Waals surface area contributed by atoms with Crippen molar-refractivity contribution in [1.82, 2.24) is 0 Å². The molecule has 3 rings (SSSR count). The molecule has 0 saturated heterocycles. The van der Waals surface area contributed by atoms with Crippen molar-refractivity contribution in [1.29, 1.82) is 0 Å². The van der Waals surface area contributed by atoms with Crippen LogP contribution in [0.5, 0.6) is 5.75 Å². The minimum atomic E-state index is -0.549. The molecule has 0 aliphatic carbocycles. The molecule has 0 bridgehead atoms. The number of benzene rings is 3. The highest BCUT2D eigenvalue weighted by Gasteiger charge is 2.16. The fourth-order valence-corrected chi connectivity index (χ4v) is 3.07. The second-order valence-corrected chi connectivity index (χ2v) is 6.12. The van der Waals surface area contributed by atoms with Gasteiger partial charge >= 0.3 is 0 Å². The first-order valence-electron chi connectivity index (χ1n) is 7.46. The van der Waals surface area contributed by atoms with E-state index in [0.717, 1.165) is 16.7 Å². The van der Waals surface area contributed by atoms with E-state index in [1.807, 2.05) is 54.6 Å². The van der Waals surface area contributed by atoms with Crippen LogP contribution in [0, 0.1) is 10.1 Å². The van der Waals surface area contributed by atoms with Gasteiger partial charge in [-0.25, -0.2) is 0 Å². The molecule has 4 nitrogen and oxygen atoms in total. The van der Waals surface area contributed by atoms with E-state index in [1.54, 1.807) is 0 Å². The van der Waals surface area contributed by atoms with Crippen LogP contribution in [0.25, 0.3) is 11.1 Å². The van der Waals surface area contributed by atoms with E-state index >= 15 is 0 Å². The number of non-ortho nitro benzene ring substituents is 1. The largest absolute Gasteiger partial charge is 0.486 e. The zero-order valence-corrected chi connectivity index (χ0v) is 14.5. The van der Waals surface area contributed by atoms with Crippen LogP contribution in [0.4, 0.5) is 5.69 Å². The second-order valence-electron chi connectivity index (χ2n) is 5.31. The van der Waals surface area contributed by atoms with Gasteiger partial charge < -0.3 is 4.74 Å². The number of hydrogen-bond acceptors (Lipinski definition) is 3. The zero-order valence-electron chi connectivity index (χ0n) is 13.0. The van der Waals surface area contributed by atoms with E-state index in [0.29, 0.717) is 0 Å². The molecule has 0 fully saturated rings. The van der Waals surface area contributed by atoms with Crippen LogP contribution in [-0.2, 0) is 6.61 Å². The maximum atomic E-state index is 10.8. The van der Waals surface area contributed by atoms with Gasteiger partial charge in [-0.05, 0) is 16.7 Å². The standard InChI is InChI=1S/C19H13Cl2NO3/c20-17-10-15(22(23)24)11-18(21)19(17)25-12-14-8-4-5-9-16(14)13-6-2-1-3-7-13/h1-11H,12H2. The van der Waals surface area contributed by atoms with Gasteiger partial charge in [0, 0.05) is 12.1 Å². The smallest absolute Gasteiger partial charge is 0.272 e. The Kier molecular flexibility index (Phi) is 5.22. The van der Waals surface area contributed by atoms with Crippen molar-refractivity contribution in [3.8, 4) is 16.9 Å². The second kappa shape index (κ2) is 7.55. The average Bonchev–Trinajstić information content (AvgIpc) is 2.62. The Labute approximate surface area is 154 Å². The zero-order chi connectivity index (χ0) is 17.8. The number of ether oxygens (including phenoxy) is 1. The summed E-state index contributed by atoms with van der Waals surface area (Å²) < 4.78 is 5.76. The van der Waals surface area contributed by atoms with Crippen LogP contribution in [0.2, 0.25) is 10.0 Å². The Hall–Kier alpha value is -2.56. The first kappa shape index (κ1) is 17.3. The minimum absolute atomic E-state index is 0.108. The molecule has 126 valence electrons. The Morgan fingerprint density at radius 2 is 1.52 bits per heavy atom. The molecule has 3 aromatic carbocycles. The van der Waals surface area contributed by atoms with Crippen LogP contribution < -0.4 is 4.74 Å². The van der Waals surface area contributed by atoms with Gasteiger partial charge in [-0.1, -0.05) is 77.8 Å². The van der Waals surface area contributed by atoms with Gasteiger partial charge in [0.1, 0.15) is 6.61 Å². The SMILES string of the molecule is O=[N+]([O-])c1cc(Cl)c(OCc2ccccc2-c2ccccc2)c(Cl)c1. The first-order valence-corrected chi connectivity index (χ1v) is 8.21. The van der Waals surface area contributed by atoms with Crippen molar-refractivity contribution in [3.05, 3.63) is 92.5 Å². The molecular formula is C19H13Cl2NO3. The maximum absolute atomic E-state index is 10.8. The lowest BCUT2D eigenvalue weighted by Crippen LogP contribution is -1.99. The van der Waals surface area contributed by atoms with Gasteiger partial charge in [0.25, 0.3) is 5.69 Å². The minimum Gasteiger partial charge on any atom is -0.486 e. The molecule has 0 unspecified atom stereocenters. The molecule has 6 heteroatoms. The lowest BCUT2D eigenvalue weighted by Gasteiger charge is -2.13. The van der Waals surface area contributed by atoms with Crippen molar-refractivity contribution in [2.75, 3.05) is 0 Å². The fourth-order valence-electron chi connectivity index (χ4n) is 2.49. The molecule has 0 aliphatic rings. The van der Waals surface area contributed by atoms with E-state index in [4.69, 9.17) is 27.9 Å². The number of hydrogen-bond donors (Lipinski definition) is 0. The van der Waals surface area contributed by atoms with Crippen molar-refractivity contribution < 1.29 is 9.66 Å². The van der Waals surface area contributed by atoms with Gasteiger partial charge in [-0.3, -0.25) is 10.1 Å². The summed E-state index contributed by atoms with van der Waals surface area (Å²) in [6, 6.07) is 20.2. The van der Waals surface area contributed by atoms with Gasteiger partial charge in [0.15, 0.2) is 5.75 Å². The van der Waals surface area contributed by atoms with Crippen molar-refractivity contribution in [2.45, 2.75) is 6.61 Å². The molecule has 0 heterocycles. The predicted octanol–water partition coefficient (Wildman–Crippen LogP) is 6.15. The van der Waals surface area contributed by atoms with Crippen LogP contribution in [-0.4, -0.2) is 4.92 Å². The van der Waals surface area contributed by atoms with Crippen molar-refractivity contribution in [3.63, 3.8) is 0 Å². The highest BCUT2D eigenvalue weighted by atomic mass is 35.5. The summed E-state index contributed by atoms with van der Waals surface area (Å²) in [6.45, 7) is 0.238. The number of nitrogens with zero attached hydrogens (tertiary/aromatic N) is 1. The molecule has 3 aromatic rings. The Balaban J connectivity index is 1.87. The van der Waals surface area contributed by atoms with E-state index in [2.05, 4.69) is 0 Å². The van der Waals surface area contributed by atoms with Crippen molar-refractivity contribution in [2.24, 2.45) is 0 Å². The molecule has 0 aromatic heterocycles. The van der Waals surface area contributed by atoms with E-state index in [-0.39, 0.29) is 28.1 Å². The third kappa shape index (κ3) is 3.92. The highest BCUT2D eigenvalue weighted by Crippen LogP contribution is 2.37. The molecule has 0 atom stereocenters. The third-order valence-corrected chi connectivity index (χ3v) is 4.23. The maximum Gasteiger partial charge on any atom is 0.272 e. The third-order valence-electron chi connectivity index (χ3n) is 3.67. The number of halogens is 2. The first-order chi connectivity index (χ1) is 12.1. The molecule has 25 heavy (non-hydrogen) atoms. The summed E-state index contributed by atoms with van der Waals surface area (Å²) in [7, 11) is 0. The van der Waals surface area contributed by atoms with Crippen LogP contribution in [0.15, 0.2) is 66.7 Å². The normalized spacial score (nSPS) is 10.5. The quantitative estimate of drug-likeness (QED) is 0.398. The Bertz CT molecular complexity index is 891. The van der Waals surface area contributed by atoms with Crippen LogP contribution in [0.3, 0.4) is 0 Å². The predicted molar refractivity (Wildman–Crippen MR) is 99.3 cm³/mol. The number of nitro groups is 1. The summed E-state index contributed by atoms with van der Waals surface area (Å²) in [5.74, 6) is 0.233. The van der Waals surface area contributed by atoms with Crippen LogP contribution in [0.1, 0.15) is 5.56 Å². The topological polar surface area (TPSA) is 52.4 Å². The van der Waals surface area contributed by atoms with E-state index < -0.39 is 4.92 Å². The lowest BCUT2D eigenvalue weighted by atomic mass is 10.0. The number of rotatable bonds is 5. The summed E-state index contributed by atoms with van der Waals surface area (Å²) in [6.07, 6.45) is 0. The Morgan fingerprint density at radius 3 is 2.16 bits per heavy atom. The average molecular weight is 374 g/mol. The number of nitro benzene ring substituents is 1.